The van der Waals surface area contributed by atoms with Crippen molar-refractivity contribution in [1.82, 2.24) is 0 Å². The molecule has 1 aliphatic heterocycles. The Labute approximate surface area is 90.3 Å². The number of ether oxygens (including phenoxy) is 1. The molecule has 0 saturated carbocycles. The molecule has 1 fully saturated rings. The standard InChI is InChI=1S/C13H16O2/c1-9-4-3-5-11(8-9)13(14)12-7-6-10(2)15-12/h3-5,8,10,12H,6-7H2,1-2H3. The van der Waals surface area contributed by atoms with E-state index in [-0.39, 0.29) is 18.0 Å². The van der Waals surface area contributed by atoms with Crippen molar-refractivity contribution < 1.29 is 9.53 Å². The first-order valence-corrected chi connectivity index (χ1v) is 5.43. The minimum absolute atomic E-state index is 0.128. The largest absolute Gasteiger partial charge is 0.367 e. The fourth-order valence-corrected chi connectivity index (χ4v) is 1.98. The molecule has 1 saturated heterocycles. The molecule has 2 rings (SSSR count). The van der Waals surface area contributed by atoms with Crippen molar-refractivity contribution in [3.05, 3.63) is 35.4 Å². The van der Waals surface area contributed by atoms with Gasteiger partial charge in [0.15, 0.2) is 5.78 Å². The molecule has 80 valence electrons. The third-order valence-corrected chi connectivity index (χ3v) is 2.83. The Kier molecular flexibility index (Phi) is 2.87. The number of rotatable bonds is 2. The van der Waals surface area contributed by atoms with Crippen LogP contribution < -0.4 is 0 Å². The molecule has 0 aliphatic carbocycles. The van der Waals surface area contributed by atoms with Crippen LogP contribution in [0.3, 0.4) is 0 Å². The van der Waals surface area contributed by atoms with E-state index < -0.39 is 0 Å². The normalized spacial score (nSPS) is 25.5. The van der Waals surface area contributed by atoms with Crippen LogP contribution >= 0.6 is 0 Å². The summed E-state index contributed by atoms with van der Waals surface area (Å²) in [6, 6.07) is 7.70. The molecule has 15 heavy (non-hydrogen) atoms. The fraction of sp³-hybridized carbons (Fsp3) is 0.462. The van der Waals surface area contributed by atoms with Crippen molar-refractivity contribution in [2.75, 3.05) is 0 Å². The minimum Gasteiger partial charge on any atom is -0.367 e. The Balaban J connectivity index is 2.14. The van der Waals surface area contributed by atoms with Gasteiger partial charge in [0.1, 0.15) is 6.10 Å². The molecule has 2 atom stereocenters. The van der Waals surface area contributed by atoms with Crippen LogP contribution in [0.15, 0.2) is 24.3 Å². The molecule has 0 spiro atoms. The lowest BCUT2D eigenvalue weighted by Crippen LogP contribution is -2.20. The first-order chi connectivity index (χ1) is 7.16. The highest BCUT2D eigenvalue weighted by Gasteiger charge is 2.28. The maximum atomic E-state index is 12.0. The Morgan fingerprint density at radius 1 is 1.40 bits per heavy atom. The van der Waals surface area contributed by atoms with Crippen molar-refractivity contribution in [2.24, 2.45) is 0 Å². The predicted octanol–water partition coefficient (Wildman–Crippen LogP) is 2.75. The van der Waals surface area contributed by atoms with E-state index in [0.29, 0.717) is 0 Å². The zero-order valence-corrected chi connectivity index (χ0v) is 9.19. The number of benzene rings is 1. The molecule has 0 aromatic heterocycles. The van der Waals surface area contributed by atoms with E-state index in [0.717, 1.165) is 24.0 Å². The Bertz CT molecular complexity index is 371. The van der Waals surface area contributed by atoms with E-state index in [9.17, 15) is 4.79 Å². The smallest absolute Gasteiger partial charge is 0.191 e. The molecule has 1 heterocycles. The quantitative estimate of drug-likeness (QED) is 0.692. The summed E-state index contributed by atoms with van der Waals surface area (Å²) in [5.74, 6) is 0.128. The van der Waals surface area contributed by atoms with E-state index in [1.807, 2.05) is 38.1 Å². The third kappa shape index (κ3) is 2.26. The summed E-state index contributed by atoms with van der Waals surface area (Å²) >= 11 is 0. The molecule has 0 bridgehead atoms. The SMILES string of the molecule is Cc1cccc(C(=O)C2CCC(C)O2)c1. The number of ketones is 1. The van der Waals surface area contributed by atoms with Gasteiger partial charge in [-0.2, -0.15) is 0 Å². The van der Waals surface area contributed by atoms with E-state index in [2.05, 4.69) is 0 Å². The second kappa shape index (κ2) is 4.15. The van der Waals surface area contributed by atoms with Gasteiger partial charge < -0.3 is 4.74 Å². The van der Waals surface area contributed by atoms with Gasteiger partial charge in [-0.05, 0) is 32.8 Å². The average molecular weight is 204 g/mol. The number of aryl methyl sites for hydroxylation is 1. The van der Waals surface area contributed by atoms with Gasteiger partial charge in [-0.15, -0.1) is 0 Å². The van der Waals surface area contributed by atoms with Crippen molar-refractivity contribution in [3.63, 3.8) is 0 Å². The lowest BCUT2D eigenvalue weighted by atomic mass is 10.0. The highest BCUT2D eigenvalue weighted by Crippen LogP contribution is 2.22. The second-order valence-electron chi connectivity index (χ2n) is 4.25. The van der Waals surface area contributed by atoms with Crippen molar-refractivity contribution in [1.29, 1.82) is 0 Å². The molecule has 1 aromatic carbocycles. The first kappa shape index (κ1) is 10.4. The zero-order valence-electron chi connectivity index (χ0n) is 9.19. The number of hydrogen-bond acceptors (Lipinski definition) is 2. The summed E-state index contributed by atoms with van der Waals surface area (Å²) in [6.45, 7) is 4.01. The molecule has 0 radical (unpaired) electrons. The summed E-state index contributed by atoms with van der Waals surface area (Å²) in [7, 11) is 0. The van der Waals surface area contributed by atoms with Crippen LogP contribution in [0.1, 0.15) is 35.7 Å². The van der Waals surface area contributed by atoms with Gasteiger partial charge in [-0.25, -0.2) is 0 Å². The Morgan fingerprint density at radius 3 is 2.80 bits per heavy atom. The number of hydrogen-bond donors (Lipinski definition) is 0. The Morgan fingerprint density at radius 2 is 2.20 bits per heavy atom. The summed E-state index contributed by atoms with van der Waals surface area (Å²) < 4.78 is 5.57. The van der Waals surface area contributed by atoms with Gasteiger partial charge in [0.2, 0.25) is 0 Å². The van der Waals surface area contributed by atoms with Gasteiger partial charge in [0.25, 0.3) is 0 Å². The summed E-state index contributed by atoms with van der Waals surface area (Å²) in [5.41, 5.74) is 1.89. The first-order valence-electron chi connectivity index (χ1n) is 5.43. The molecule has 1 aliphatic rings. The van der Waals surface area contributed by atoms with Gasteiger partial charge in [0.05, 0.1) is 6.10 Å². The number of carbonyl (C=O) groups is 1. The van der Waals surface area contributed by atoms with Crippen LogP contribution in [0.4, 0.5) is 0 Å². The van der Waals surface area contributed by atoms with Crippen LogP contribution in [-0.2, 0) is 4.74 Å². The topological polar surface area (TPSA) is 26.3 Å². The average Bonchev–Trinajstić information content (AvgIpc) is 2.64. The van der Waals surface area contributed by atoms with Gasteiger partial charge in [0, 0.05) is 5.56 Å². The van der Waals surface area contributed by atoms with Crippen molar-refractivity contribution in [3.8, 4) is 0 Å². The van der Waals surface area contributed by atoms with Gasteiger partial charge >= 0.3 is 0 Å². The van der Waals surface area contributed by atoms with E-state index in [4.69, 9.17) is 4.74 Å². The molecular formula is C13H16O2. The van der Waals surface area contributed by atoms with Crippen LogP contribution in [0.25, 0.3) is 0 Å². The Hall–Kier alpha value is -1.15. The fourth-order valence-electron chi connectivity index (χ4n) is 1.98. The molecule has 2 heteroatoms. The summed E-state index contributed by atoms with van der Waals surface area (Å²) in [5, 5.41) is 0. The second-order valence-corrected chi connectivity index (χ2v) is 4.25. The monoisotopic (exact) mass is 204 g/mol. The highest BCUT2D eigenvalue weighted by molar-refractivity contribution is 5.99. The third-order valence-electron chi connectivity index (χ3n) is 2.83. The zero-order chi connectivity index (χ0) is 10.8. The van der Waals surface area contributed by atoms with Crippen molar-refractivity contribution >= 4 is 5.78 Å². The molecule has 0 amide bonds. The van der Waals surface area contributed by atoms with Crippen LogP contribution in [0.2, 0.25) is 0 Å². The van der Waals surface area contributed by atoms with Crippen LogP contribution in [0.5, 0.6) is 0 Å². The van der Waals surface area contributed by atoms with Gasteiger partial charge in [-0.1, -0.05) is 23.8 Å². The van der Waals surface area contributed by atoms with E-state index in [1.54, 1.807) is 0 Å². The highest BCUT2D eigenvalue weighted by atomic mass is 16.5. The number of Topliss-reactive ketones (excluding diaryl/α,β-unsaturated/α-hetero) is 1. The maximum absolute atomic E-state index is 12.0. The van der Waals surface area contributed by atoms with Crippen molar-refractivity contribution in [2.45, 2.75) is 38.9 Å². The van der Waals surface area contributed by atoms with Gasteiger partial charge in [-0.3, -0.25) is 4.79 Å². The predicted molar refractivity (Wildman–Crippen MR) is 59.1 cm³/mol. The van der Waals surface area contributed by atoms with Crippen LogP contribution in [-0.4, -0.2) is 18.0 Å². The van der Waals surface area contributed by atoms with Crippen LogP contribution in [0, 0.1) is 6.92 Å². The molecule has 2 nitrogen and oxygen atoms in total. The molecule has 2 unspecified atom stereocenters. The van der Waals surface area contributed by atoms with E-state index >= 15 is 0 Å². The summed E-state index contributed by atoms with van der Waals surface area (Å²) in [4.78, 5) is 12.0. The van der Waals surface area contributed by atoms with E-state index in [1.165, 1.54) is 0 Å². The maximum Gasteiger partial charge on any atom is 0.191 e. The lowest BCUT2D eigenvalue weighted by Gasteiger charge is -2.10. The summed E-state index contributed by atoms with van der Waals surface area (Å²) in [6.07, 6.45) is 1.85. The molecule has 1 aromatic rings. The molecule has 0 N–H and O–H groups in total. The lowest BCUT2D eigenvalue weighted by molar-refractivity contribution is 0.0433. The molecular weight excluding hydrogens is 188 g/mol. The number of carbonyl (C=O) groups excluding carboxylic acids is 1. The minimum atomic E-state index is -0.221.